The second-order valence-electron chi connectivity index (χ2n) is 11.7. The van der Waals surface area contributed by atoms with Crippen molar-refractivity contribution in [1.29, 1.82) is 0 Å². The summed E-state index contributed by atoms with van der Waals surface area (Å²) in [4.78, 5) is 33.2. The van der Waals surface area contributed by atoms with Crippen LogP contribution in [0.5, 0.6) is 6.01 Å². The minimum atomic E-state index is -0.142. The Bertz CT molecular complexity index is 1370. The number of ether oxygens (including phenoxy) is 1. The lowest BCUT2D eigenvalue weighted by Crippen LogP contribution is -2.37. The predicted octanol–water partition coefficient (Wildman–Crippen LogP) is 4.42. The molecule has 0 radical (unpaired) electrons. The van der Waals surface area contributed by atoms with Gasteiger partial charge in [0, 0.05) is 49.9 Å². The quantitative estimate of drug-likeness (QED) is 0.232. The zero-order valence-electron chi connectivity index (χ0n) is 25.9. The van der Waals surface area contributed by atoms with E-state index >= 15 is 0 Å². The Morgan fingerprint density at radius 2 is 1.98 bits per heavy atom. The van der Waals surface area contributed by atoms with E-state index in [2.05, 4.69) is 70.5 Å². The summed E-state index contributed by atoms with van der Waals surface area (Å²) in [7, 11) is 4.06. The minimum Gasteiger partial charge on any atom is -0.460 e. The molecule has 11 nitrogen and oxygen atoms in total. The number of rotatable bonds is 10. The van der Waals surface area contributed by atoms with Crippen LogP contribution in [0.3, 0.4) is 0 Å². The first-order chi connectivity index (χ1) is 20.8. The first kappa shape index (κ1) is 31.9. The third-order valence-corrected chi connectivity index (χ3v) is 8.04. The fraction of sp³-hybridized carbons (Fsp3) is 0.531. The minimum absolute atomic E-state index is 0.129. The van der Waals surface area contributed by atoms with E-state index in [1.54, 1.807) is 4.52 Å². The van der Waals surface area contributed by atoms with Crippen molar-refractivity contribution in [3.63, 3.8) is 0 Å². The Balaban J connectivity index is 0.000000273. The maximum Gasteiger partial charge on any atom is 0.322 e. The lowest BCUT2D eigenvalue weighted by atomic mass is 9.87. The van der Waals surface area contributed by atoms with Gasteiger partial charge in [0.15, 0.2) is 5.65 Å². The lowest BCUT2D eigenvalue weighted by Gasteiger charge is -2.28. The summed E-state index contributed by atoms with van der Waals surface area (Å²) in [5, 5.41) is 14.0. The SMILES string of the molecule is C=CC(=O)NC1CCCC(C=O)C1.CNc1cccc(CNc2nc(OC3CCN(C)CC3)nc3c(C(C)C)cnn23)c1. The summed E-state index contributed by atoms with van der Waals surface area (Å²) in [6.07, 6.45) is 10.00. The van der Waals surface area contributed by atoms with Gasteiger partial charge in [-0.2, -0.15) is 19.6 Å². The standard InChI is InChI=1S/C22H31N7O.C10H15NO2/c1-15(2)19-14-25-29-20(19)26-22(30-18-8-10-28(4)11-9-18)27-21(29)24-13-16-6-5-7-17(12-16)23-3;1-2-10(13)11-9-5-3-4-8(6-9)7-12/h5-7,12,14-15,18,23H,8-11,13H2,1-4H3,(H,24,26,27);2,7-9H,1,3-6H2,(H,11,13). The van der Waals surface area contributed by atoms with Crippen molar-refractivity contribution in [2.24, 2.45) is 5.92 Å². The van der Waals surface area contributed by atoms with Crippen molar-refractivity contribution in [2.75, 3.05) is 37.8 Å². The summed E-state index contributed by atoms with van der Waals surface area (Å²) < 4.78 is 7.98. The van der Waals surface area contributed by atoms with Crippen LogP contribution in [0.25, 0.3) is 5.65 Å². The molecule has 2 aliphatic rings. The predicted molar refractivity (Wildman–Crippen MR) is 169 cm³/mol. The topological polar surface area (TPSA) is 126 Å². The Morgan fingerprint density at radius 1 is 1.19 bits per heavy atom. The van der Waals surface area contributed by atoms with E-state index < -0.39 is 0 Å². The number of fused-ring (bicyclic) bond motifs is 1. The van der Waals surface area contributed by atoms with Crippen molar-refractivity contribution < 1.29 is 14.3 Å². The zero-order chi connectivity index (χ0) is 30.8. The number of anilines is 2. The van der Waals surface area contributed by atoms with E-state index in [9.17, 15) is 9.59 Å². The van der Waals surface area contributed by atoms with Crippen LogP contribution in [0.2, 0.25) is 0 Å². The van der Waals surface area contributed by atoms with Crippen LogP contribution in [0.1, 0.15) is 69.4 Å². The summed E-state index contributed by atoms with van der Waals surface area (Å²) in [5.74, 6) is 0.943. The number of nitrogens with zero attached hydrogens (tertiary/aromatic N) is 5. The van der Waals surface area contributed by atoms with Gasteiger partial charge in [0.05, 0.1) is 6.20 Å². The van der Waals surface area contributed by atoms with Gasteiger partial charge >= 0.3 is 6.01 Å². The molecule has 1 aliphatic carbocycles. The molecule has 2 aromatic heterocycles. The number of hydrogen-bond acceptors (Lipinski definition) is 9. The molecule has 232 valence electrons. The van der Waals surface area contributed by atoms with Crippen LogP contribution in [0.4, 0.5) is 11.6 Å². The number of amides is 1. The number of carbonyl (C=O) groups is 2. The van der Waals surface area contributed by atoms with Gasteiger partial charge in [-0.1, -0.05) is 39.0 Å². The van der Waals surface area contributed by atoms with Gasteiger partial charge in [-0.05, 0) is 68.8 Å². The molecule has 0 bridgehead atoms. The monoisotopic (exact) mass is 590 g/mol. The molecule has 2 unspecified atom stereocenters. The number of hydrogen-bond donors (Lipinski definition) is 3. The van der Waals surface area contributed by atoms with Gasteiger partial charge < -0.3 is 30.4 Å². The van der Waals surface area contributed by atoms with Gasteiger partial charge in [0.2, 0.25) is 11.9 Å². The molecular weight excluding hydrogens is 544 g/mol. The molecule has 3 aromatic rings. The Hall–Kier alpha value is -3.99. The van der Waals surface area contributed by atoms with Gasteiger partial charge in [0.1, 0.15) is 12.4 Å². The summed E-state index contributed by atoms with van der Waals surface area (Å²) in [5.41, 5.74) is 4.12. The second-order valence-corrected chi connectivity index (χ2v) is 11.7. The number of piperidine rings is 1. The van der Waals surface area contributed by atoms with Crippen molar-refractivity contribution in [3.05, 3.63) is 54.2 Å². The molecular formula is C32H46N8O3. The average molecular weight is 591 g/mol. The Labute approximate surface area is 254 Å². The van der Waals surface area contributed by atoms with Crippen molar-refractivity contribution in [2.45, 2.75) is 77.0 Å². The molecule has 1 saturated heterocycles. The Morgan fingerprint density at radius 3 is 2.67 bits per heavy atom. The number of aldehydes is 1. The summed E-state index contributed by atoms with van der Waals surface area (Å²) >= 11 is 0. The van der Waals surface area contributed by atoms with E-state index in [-0.39, 0.29) is 24.0 Å². The molecule has 1 amide bonds. The van der Waals surface area contributed by atoms with Gasteiger partial charge in [-0.15, -0.1) is 0 Å². The smallest absolute Gasteiger partial charge is 0.322 e. The van der Waals surface area contributed by atoms with Crippen LogP contribution in [0, 0.1) is 5.92 Å². The van der Waals surface area contributed by atoms with Crippen LogP contribution in [-0.2, 0) is 16.1 Å². The van der Waals surface area contributed by atoms with Crippen LogP contribution >= 0.6 is 0 Å². The molecule has 2 fully saturated rings. The highest BCUT2D eigenvalue weighted by atomic mass is 16.5. The number of likely N-dealkylation sites (tertiary alicyclic amines) is 1. The Kier molecular flexibility index (Phi) is 11.5. The van der Waals surface area contributed by atoms with E-state index in [1.807, 2.05) is 25.4 Å². The molecule has 3 N–H and O–H groups in total. The lowest BCUT2D eigenvalue weighted by molar-refractivity contribution is -0.118. The highest BCUT2D eigenvalue weighted by Crippen LogP contribution is 2.25. The first-order valence-electron chi connectivity index (χ1n) is 15.3. The molecule has 0 spiro atoms. The molecule has 11 heteroatoms. The molecule has 1 aromatic carbocycles. The normalized spacial score (nSPS) is 19.3. The molecule has 5 rings (SSSR count). The summed E-state index contributed by atoms with van der Waals surface area (Å²) in [6, 6.07) is 8.87. The molecule has 1 aliphatic heterocycles. The van der Waals surface area contributed by atoms with Gasteiger partial charge in [-0.25, -0.2) is 0 Å². The summed E-state index contributed by atoms with van der Waals surface area (Å²) in [6.45, 7) is 10.4. The van der Waals surface area contributed by atoms with Crippen LogP contribution in [-0.4, -0.2) is 76.0 Å². The van der Waals surface area contributed by atoms with Crippen molar-refractivity contribution >= 4 is 29.5 Å². The van der Waals surface area contributed by atoms with Gasteiger partial charge in [-0.3, -0.25) is 4.79 Å². The average Bonchev–Trinajstić information content (AvgIpc) is 3.46. The third kappa shape index (κ3) is 9.00. The number of nitrogens with one attached hydrogen (secondary N) is 3. The molecule has 2 atom stereocenters. The van der Waals surface area contributed by atoms with Gasteiger partial charge in [0.25, 0.3) is 0 Å². The van der Waals surface area contributed by atoms with Crippen molar-refractivity contribution in [1.82, 2.24) is 29.8 Å². The van der Waals surface area contributed by atoms with Crippen LogP contribution < -0.4 is 20.7 Å². The largest absolute Gasteiger partial charge is 0.460 e. The molecule has 3 heterocycles. The van der Waals surface area contributed by atoms with E-state index in [1.165, 1.54) is 6.08 Å². The maximum atomic E-state index is 11.0. The first-order valence-corrected chi connectivity index (χ1v) is 15.3. The number of benzene rings is 1. The molecule has 43 heavy (non-hydrogen) atoms. The van der Waals surface area contributed by atoms with E-state index in [0.29, 0.717) is 24.4 Å². The highest BCUT2D eigenvalue weighted by molar-refractivity contribution is 5.87. The number of carbonyl (C=O) groups excluding carboxylic acids is 2. The second kappa shape index (κ2) is 15.5. The fourth-order valence-electron chi connectivity index (χ4n) is 5.46. The third-order valence-electron chi connectivity index (χ3n) is 8.04. The van der Waals surface area contributed by atoms with Crippen LogP contribution in [0.15, 0.2) is 43.1 Å². The van der Waals surface area contributed by atoms with E-state index in [4.69, 9.17) is 9.72 Å². The highest BCUT2D eigenvalue weighted by Gasteiger charge is 2.23. The zero-order valence-corrected chi connectivity index (χ0v) is 25.9. The van der Waals surface area contributed by atoms with Crippen molar-refractivity contribution in [3.8, 4) is 6.01 Å². The number of aromatic nitrogens is 4. The van der Waals surface area contributed by atoms with E-state index in [0.717, 1.165) is 80.4 Å². The maximum absolute atomic E-state index is 11.0. The molecule has 1 saturated carbocycles. The fourth-order valence-corrected chi connectivity index (χ4v) is 5.46.